The molecule has 0 bridgehead atoms. The number of aromatic nitrogens is 3. The van der Waals surface area contributed by atoms with Crippen LogP contribution in [0.4, 0.5) is 17.1 Å². The van der Waals surface area contributed by atoms with Gasteiger partial charge >= 0.3 is 0 Å². The number of aryl methyl sites for hydroxylation is 2. The summed E-state index contributed by atoms with van der Waals surface area (Å²) in [6.07, 6.45) is 3.63. The highest BCUT2D eigenvalue weighted by molar-refractivity contribution is 9.10. The number of carbonyl (C=O) groups is 2. The Morgan fingerprint density at radius 1 is 1.04 bits per heavy atom. The second kappa shape index (κ2) is 12.6. The SMILES string of the molecule is C[C@H]1[C@H]([Si](C)(C)O)[C@@H](CCn2cc(CCO)nn2)O[C@]12C(=O)N(Cc1ccc(N3C(=O)CCc4ccccc43)cc1)c1ccc(Br)cc12. The maximum atomic E-state index is 14.8. The molecule has 0 saturated carbocycles. The third-order valence-electron chi connectivity index (χ3n) is 10.2. The van der Waals surface area contributed by atoms with Crippen LogP contribution in [0, 0.1) is 5.92 Å². The number of hydrogen-bond acceptors (Lipinski definition) is 7. The molecule has 1 spiro atoms. The van der Waals surface area contributed by atoms with E-state index in [1.165, 1.54) is 0 Å². The Kier molecular flexibility index (Phi) is 8.65. The van der Waals surface area contributed by atoms with Crippen LogP contribution < -0.4 is 9.80 Å². The van der Waals surface area contributed by atoms with E-state index in [4.69, 9.17) is 4.74 Å². The number of para-hydroxylation sites is 1. The van der Waals surface area contributed by atoms with Gasteiger partial charge in [0, 0.05) is 59.4 Å². The second-order valence-electron chi connectivity index (χ2n) is 13.7. The van der Waals surface area contributed by atoms with Gasteiger partial charge in [0.1, 0.15) is 0 Å². The Hall–Kier alpha value is -3.68. The van der Waals surface area contributed by atoms with Crippen molar-refractivity contribution in [1.29, 1.82) is 0 Å². The minimum Gasteiger partial charge on any atom is -0.432 e. The Bertz CT molecular complexity index is 1860. The molecule has 4 heterocycles. The van der Waals surface area contributed by atoms with Gasteiger partial charge in [-0.15, -0.1) is 5.10 Å². The van der Waals surface area contributed by atoms with E-state index in [1.54, 1.807) is 14.5 Å². The molecule has 3 aliphatic heterocycles. The smallest absolute Gasteiger partial charge is 0.264 e. The number of carbonyl (C=O) groups excluding carboxylic acids is 2. The molecule has 250 valence electrons. The number of amides is 2. The predicted molar refractivity (Wildman–Crippen MR) is 188 cm³/mol. The van der Waals surface area contributed by atoms with Crippen LogP contribution in [0.25, 0.3) is 0 Å². The van der Waals surface area contributed by atoms with E-state index < -0.39 is 13.9 Å². The molecule has 7 rings (SSSR count). The summed E-state index contributed by atoms with van der Waals surface area (Å²) in [5.41, 5.74) is 4.64. The first kappa shape index (κ1) is 32.8. The highest BCUT2D eigenvalue weighted by Crippen LogP contribution is 2.60. The van der Waals surface area contributed by atoms with Crippen molar-refractivity contribution >= 4 is 53.1 Å². The topological polar surface area (TPSA) is 121 Å². The van der Waals surface area contributed by atoms with E-state index in [2.05, 4.69) is 32.3 Å². The van der Waals surface area contributed by atoms with Crippen LogP contribution in [-0.4, -0.2) is 57.7 Å². The first-order valence-corrected chi connectivity index (χ1v) is 20.3. The van der Waals surface area contributed by atoms with Crippen LogP contribution in [0.3, 0.4) is 0 Å². The van der Waals surface area contributed by atoms with Crippen molar-refractivity contribution in [3.05, 3.63) is 99.8 Å². The standard InChI is InChI=1S/C36H40BrN5O5Si/c1-23-34(48(2,3)46)32(16-18-40-22-27(17-19-43)38-39-40)47-36(23)29-20-26(37)11-14-31(29)41(35(36)45)21-24-8-12-28(13-9-24)42-30-7-5-4-6-25(30)10-15-33(42)44/h4-9,11-14,20,22-23,32,34,43,46H,10,15-19,21H2,1-3H3/t23-,32+,34-,36+/m0/s1. The largest absolute Gasteiger partial charge is 0.432 e. The summed E-state index contributed by atoms with van der Waals surface area (Å²) in [6.45, 7) is 6.72. The predicted octanol–water partition coefficient (Wildman–Crippen LogP) is 5.62. The monoisotopic (exact) mass is 729 g/mol. The molecule has 0 unspecified atom stereocenters. The summed E-state index contributed by atoms with van der Waals surface area (Å²) < 4.78 is 9.54. The molecule has 1 saturated heterocycles. The van der Waals surface area contributed by atoms with Gasteiger partial charge in [0.25, 0.3) is 5.91 Å². The zero-order valence-electron chi connectivity index (χ0n) is 27.3. The van der Waals surface area contributed by atoms with E-state index in [9.17, 15) is 19.5 Å². The Morgan fingerprint density at radius 3 is 2.56 bits per heavy atom. The molecule has 2 N–H and O–H groups in total. The van der Waals surface area contributed by atoms with Gasteiger partial charge in [0.2, 0.25) is 5.91 Å². The maximum absolute atomic E-state index is 14.8. The number of halogens is 1. The highest BCUT2D eigenvalue weighted by atomic mass is 79.9. The molecule has 1 aromatic heterocycles. The third kappa shape index (κ3) is 5.63. The number of aliphatic hydroxyl groups is 1. The highest BCUT2D eigenvalue weighted by Gasteiger charge is 2.66. The van der Waals surface area contributed by atoms with Crippen LogP contribution in [-0.2, 0) is 45.9 Å². The number of anilines is 3. The van der Waals surface area contributed by atoms with Crippen molar-refractivity contribution < 1.29 is 24.2 Å². The Morgan fingerprint density at radius 2 is 1.81 bits per heavy atom. The second-order valence-corrected chi connectivity index (χ2v) is 18.6. The molecular formula is C36H40BrN5O5Si. The lowest BCUT2D eigenvalue weighted by molar-refractivity contribution is -0.146. The van der Waals surface area contributed by atoms with E-state index in [-0.39, 0.29) is 36.0 Å². The molecule has 10 nitrogen and oxygen atoms in total. The fourth-order valence-corrected chi connectivity index (χ4v) is 11.0. The molecule has 4 aromatic rings. The van der Waals surface area contributed by atoms with Crippen molar-refractivity contribution in [2.75, 3.05) is 16.4 Å². The zero-order chi connectivity index (χ0) is 33.8. The van der Waals surface area contributed by atoms with Crippen LogP contribution in [0.15, 0.2) is 77.4 Å². The quantitative estimate of drug-likeness (QED) is 0.215. The molecule has 1 fully saturated rings. The Labute approximate surface area is 289 Å². The summed E-state index contributed by atoms with van der Waals surface area (Å²) in [7, 11) is -2.82. The number of benzene rings is 3. The normalized spacial score (nSPS) is 23.7. The third-order valence-corrected chi connectivity index (χ3v) is 13.2. The lowest BCUT2D eigenvalue weighted by Crippen LogP contribution is -2.46. The number of rotatable bonds is 9. The van der Waals surface area contributed by atoms with Gasteiger partial charge in [-0.1, -0.05) is 58.4 Å². The van der Waals surface area contributed by atoms with Gasteiger partial charge < -0.3 is 19.5 Å². The first-order valence-electron chi connectivity index (χ1n) is 16.5. The average molecular weight is 731 g/mol. The summed E-state index contributed by atoms with van der Waals surface area (Å²) >= 11 is 3.64. The van der Waals surface area contributed by atoms with Crippen LogP contribution in [0.2, 0.25) is 18.6 Å². The molecule has 0 radical (unpaired) electrons. The number of nitrogens with zero attached hydrogens (tertiary/aromatic N) is 5. The molecule has 2 amide bonds. The number of fused-ring (bicyclic) bond motifs is 3. The van der Waals surface area contributed by atoms with E-state index in [1.807, 2.05) is 86.9 Å². The summed E-state index contributed by atoms with van der Waals surface area (Å²) in [4.78, 5) is 43.0. The van der Waals surface area contributed by atoms with E-state index >= 15 is 0 Å². The van der Waals surface area contributed by atoms with Crippen molar-refractivity contribution in [2.24, 2.45) is 5.92 Å². The van der Waals surface area contributed by atoms with Crippen molar-refractivity contribution in [2.45, 2.75) is 76.0 Å². The van der Waals surface area contributed by atoms with Crippen molar-refractivity contribution in [1.82, 2.24) is 15.0 Å². The molecular weight excluding hydrogens is 690 g/mol. The van der Waals surface area contributed by atoms with E-state index in [0.717, 1.165) is 44.6 Å². The first-order chi connectivity index (χ1) is 23.0. The number of ether oxygens (including phenoxy) is 1. The minimum atomic E-state index is -2.82. The summed E-state index contributed by atoms with van der Waals surface area (Å²) in [5, 5.41) is 17.6. The van der Waals surface area contributed by atoms with Gasteiger partial charge in [-0.25, -0.2) is 0 Å². The molecule has 4 atom stereocenters. The zero-order valence-corrected chi connectivity index (χ0v) is 29.9. The Balaban J connectivity index is 1.18. The fourth-order valence-electron chi connectivity index (χ4n) is 8.06. The minimum absolute atomic E-state index is 0.00120. The van der Waals surface area contributed by atoms with Crippen molar-refractivity contribution in [3.8, 4) is 0 Å². The summed E-state index contributed by atoms with van der Waals surface area (Å²) in [5.74, 6) is -0.351. The molecule has 12 heteroatoms. The van der Waals surface area contributed by atoms with Gasteiger partial charge in [-0.05, 0) is 73.5 Å². The molecule has 48 heavy (non-hydrogen) atoms. The van der Waals surface area contributed by atoms with Gasteiger partial charge in [-0.2, -0.15) is 0 Å². The molecule has 3 aliphatic rings. The number of aliphatic hydroxyl groups excluding tert-OH is 1. The van der Waals surface area contributed by atoms with Crippen LogP contribution in [0.5, 0.6) is 0 Å². The lowest BCUT2D eigenvalue weighted by atomic mass is 9.82. The van der Waals surface area contributed by atoms with E-state index in [0.29, 0.717) is 38.0 Å². The molecule has 3 aromatic carbocycles. The van der Waals surface area contributed by atoms with Gasteiger partial charge in [0.05, 0.1) is 29.7 Å². The molecule has 0 aliphatic carbocycles. The van der Waals surface area contributed by atoms with Crippen molar-refractivity contribution in [3.63, 3.8) is 0 Å². The average Bonchev–Trinajstić information content (AvgIpc) is 3.70. The van der Waals surface area contributed by atoms with Gasteiger partial charge in [0.15, 0.2) is 13.9 Å². The van der Waals surface area contributed by atoms with Gasteiger partial charge in [-0.3, -0.25) is 19.2 Å². The fraction of sp³-hybridized carbons (Fsp3) is 0.389. The lowest BCUT2D eigenvalue weighted by Gasteiger charge is -2.32. The van der Waals surface area contributed by atoms with Crippen LogP contribution >= 0.6 is 15.9 Å². The maximum Gasteiger partial charge on any atom is 0.264 e. The summed E-state index contributed by atoms with van der Waals surface area (Å²) in [6, 6.07) is 21.7. The van der Waals surface area contributed by atoms with Crippen LogP contribution in [0.1, 0.15) is 42.1 Å². The number of hydrogen-bond donors (Lipinski definition) is 2.